The fraction of sp³-hybridized carbons (Fsp3) is 0.235. The first-order valence-electron chi connectivity index (χ1n) is 6.89. The van der Waals surface area contributed by atoms with Gasteiger partial charge in [0.25, 0.3) is 0 Å². The molecule has 21 heavy (non-hydrogen) atoms. The van der Waals surface area contributed by atoms with Crippen LogP contribution in [0.5, 0.6) is 0 Å². The largest absolute Gasteiger partial charge is 0.355 e. The van der Waals surface area contributed by atoms with Gasteiger partial charge in [0.2, 0.25) is 5.91 Å². The lowest BCUT2D eigenvalue weighted by molar-refractivity contribution is -0.120. The fourth-order valence-electron chi connectivity index (χ4n) is 1.90. The summed E-state index contributed by atoms with van der Waals surface area (Å²) < 4.78 is 1.03. The first-order chi connectivity index (χ1) is 10.2. The number of carbonyl (C=O) groups excluding carboxylic acids is 1. The molecule has 0 radical (unpaired) electrons. The number of halogens is 1. The van der Waals surface area contributed by atoms with Crippen molar-refractivity contribution in [2.24, 2.45) is 0 Å². The minimum Gasteiger partial charge on any atom is -0.355 e. The molecule has 2 aromatic rings. The average molecular weight is 364 g/mol. The van der Waals surface area contributed by atoms with Crippen molar-refractivity contribution in [3.63, 3.8) is 0 Å². The Morgan fingerprint density at radius 2 is 1.81 bits per heavy atom. The van der Waals surface area contributed by atoms with Gasteiger partial charge in [-0.15, -0.1) is 11.8 Å². The van der Waals surface area contributed by atoms with E-state index in [1.165, 1.54) is 5.56 Å². The summed E-state index contributed by atoms with van der Waals surface area (Å²) in [6.07, 6.45) is 0.860. The fourth-order valence-corrected chi connectivity index (χ4v) is 3.38. The summed E-state index contributed by atoms with van der Waals surface area (Å²) in [6, 6.07) is 18.1. The molecule has 0 aromatic heterocycles. The molecule has 0 heterocycles. The molecular weight excluding hydrogens is 346 g/mol. The number of rotatable bonds is 6. The zero-order chi connectivity index (χ0) is 15.1. The summed E-state index contributed by atoms with van der Waals surface area (Å²) in [5.74, 6) is 0.0756. The van der Waals surface area contributed by atoms with Crippen molar-refractivity contribution >= 4 is 33.6 Å². The van der Waals surface area contributed by atoms with Gasteiger partial charge in [-0.2, -0.15) is 0 Å². The summed E-state index contributed by atoms with van der Waals surface area (Å²) in [7, 11) is 0. The van der Waals surface area contributed by atoms with Gasteiger partial charge in [-0.25, -0.2) is 0 Å². The second kappa shape index (κ2) is 8.25. The molecule has 2 aromatic carbocycles. The molecule has 0 saturated heterocycles. The maximum atomic E-state index is 12.1. The third kappa shape index (κ3) is 5.21. The molecule has 0 aliphatic rings. The Labute approximate surface area is 138 Å². The zero-order valence-corrected chi connectivity index (χ0v) is 14.3. The molecule has 0 spiro atoms. The highest BCUT2D eigenvalue weighted by Gasteiger charge is 2.14. The Balaban J connectivity index is 1.79. The summed E-state index contributed by atoms with van der Waals surface area (Å²) in [4.78, 5) is 13.2. The van der Waals surface area contributed by atoms with Gasteiger partial charge in [-0.1, -0.05) is 42.5 Å². The predicted molar refractivity (Wildman–Crippen MR) is 92.6 cm³/mol. The van der Waals surface area contributed by atoms with Crippen LogP contribution in [0.3, 0.4) is 0 Å². The van der Waals surface area contributed by atoms with Crippen LogP contribution < -0.4 is 5.32 Å². The highest BCUT2D eigenvalue weighted by molar-refractivity contribution is 9.10. The molecule has 1 N–H and O–H groups in total. The Morgan fingerprint density at radius 1 is 1.14 bits per heavy atom. The van der Waals surface area contributed by atoms with E-state index in [9.17, 15) is 4.79 Å². The molecule has 0 saturated carbocycles. The van der Waals surface area contributed by atoms with Gasteiger partial charge in [-0.3, -0.25) is 4.79 Å². The van der Waals surface area contributed by atoms with E-state index in [1.807, 2.05) is 49.4 Å². The number of carbonyl (C=O) groups is 1. The molecule has 1 atom stereocenters. The Bertz CT molecular complexity index is 588. The highest BCUT2D eigenvalue weighted by Crippen LogP contribution is 2.30. The van der Waals surface area contributed by atoms with Crippen LogP contribution in [0.15, 0.2) is 64.0 Å². The normalized spacial score (nSPS) is 11.9. The number of hydrogen-bond acceptors (Lipinski definition) is 2. The molecule has 2 nitrogen and oxygen atoms in total. The number of nitrogens with one attached hydrogen (secondary N) is 1. The zero-order valence-electron chi connectivity index (χ0n) is 11.9. The van der Waals surface area contributed by atoms with Gasteiger partial charge in [0.15, 0.2) is 0 Å². The number of benzene rings is 2. The lowest BCUT2D eigenvalue weighted by Gasteiger charge is -2.13. The molecule has 2 rings (SSSR count). The van der Waals surface area contributed by atoms with Crippen molar-refractivity contribution < 1.29 is 4.79 Å². The number of hydrogen-bond donors (Lipinski definition) is 1. The second-order valence-electron chi connectivity index (χ2n) is 4.72. The maximum Gasteiger partial charge on any atom is 0.233 e. The van der Waals surface area contributed by atoms with Crippen LogP contribution in [-0.2, 0) is 11.2 Å². The van der Waals surface area contributed by atoms with Gasteiger partial charge < -0.3 is 5.32 Å². The third-order valence-electron chi connectivity index (χ3n) is 3.07. The number of thioether (sulfide) groups is 1. The molecule has 0 aliphatic heterocycles. The van der Waals surface area contributed by atoms with E-state index in [1.54, 1.807) is 11.8 Å². The first-order valence-corrected chi connectivity index (χ1v) is 8.57. The van der Waals surface area contributed by atoms with Gasteiger partial charge >= 0.3 is 0 Å². The SMILES string of the molecule is CC(Sc1ccccc1Br)C(=O)NCCc1ccccc1. The predicted octanol–water partition coefficient (Wildman–Crippen LogP) is 4.29. The van der Waals surface area contributed by atoms with Crippen molar-refractivity contribution in [3.05, 3.63) is 64.6 Å². The Morgan fingerprint density at radius 3 is 2.52 bits per heavy atom. The van der Waals surface area contributed by atoms with Crippen molar-refractivity contribution in [1.29, 1.82) is 0 Å². The van der Waals surface area contributed by atoms with Crippen LogP contribution in [-0.4, -0.2) is 17.7 Å². The minimum atomic E-state index is -0.112. The smallest absolute Gasteiger partial charge is 0.233 e. The summed E-state index contributed by atoms with van der Waals surface area (Å²) in [5.41, 5.74) is 1.24. The monoisotopic (exact) mass is 363 g/mol. The molecule has 0 bridgehead atoms. The molecule has 1 unspecified atom stereocenters. The lowest BCUT2D eigenvalue weighted by atomic mass is 10.1. The van der Waals surface area contributed by atoms with E-state index in [-0.39, 0.29) is 11.2 Å². The van der Waals surface area contributed by atoms with E-state index in [0.29, 0.717) is 6.54 Å². The van der Waals surface area contributed by atoms with Crippen LogP contribution in [0, 0.1) is 0 Å². The van der Waals surface area contributed by atoms with Gasteiger partial charge in [0.1, 0.15) is 0 Å². The van der Waals surface area contributed by atoms with Gasteiger partial charge in [-0.05, 0) is 47.0 Å². The summed E-state index contributed by atoms with van der Waals surface area (Å²) >= 11 is 5.07. The minimum absolute atomic E-state index is 0.0756. The van der Waals surface area contributed by atoms with Gasteiger partial charge in [0.05, 0.1) is 5.25 Å². The third-order valence-corrected chi connectivity index (χ3v) is 5.20. The molecule has 110 valence electrons. The van der Waals surface area contributed by atoms with Crippen molar-refractivity contribution in [2.75, 3.05) is 6.54 Å². The van der Waals surface area contributed by atoms with Crippen LogP contribution in [0.2, 0.25) is 0 Å². The summed E-state index contributed by atoms with van der Waals surface area (Å²) in [6.45, 7) is 2.60. The second-order valence-corrected chi connectivity index (χ2v) is 6.95. The van der Waals surface area contributed by atoms with E-state index in [2.05, 4.69) is 33.4 Å². The quantitative estimate of drug-likeness (QED) is 0.775. The molecule has 4 heteroatoms. The van der Waals surface area contributed by atoms with E-state index in [4.69, 9.17) is 0 Å². The van der Waals surface area contributed by atoms with E-state index < -0.39 is 0 Å². The van der Waals surface area contributed by atoms with Crippen LogP contribution in [0.1, 0.15) is 12.5 Å². The molecule has 0 aliphatic carbocycles. The average Bonchev–Trinajstić information content (AvgIpc) is 2.50. The van der Waals surface area contributed by atoms with Crippen molar-refractivity contribution in [2.45, 2.75) is 23.5 Å². The van der Waals surface area contributed by atoms with E-state index >= 15 is 0 Å². The van der Waals surface area contributed by atoms with Crippen LogP contribution in [0.25, 0.3) is 0 Å². The van der Waals surface area contributed by atoms with Crippen molar-refractivity contribution in [3.8, 4) is 0 Å². The van der Waals surface area contributed by atoms with Crippen LogP contribution >= 0.6 is 27.7 Å². The van der Waals surface area contributed by atoms with Crippen molar-refractivity contribution in [1.82, 2.24) is 5.32 Å². The molecule has 1 amide bonds. The first kappa shape index (κ1) is 16.1. The standard InChI is InChI=1S/C17H18BrNOS/c1-13(21-16-10-6-5-9-15(16)18)17(20)19-12-11-14-7-3-2-4-8-14/h2-10,13H,11-12H2,1H3,(H,19,20). The lowest BCUT2D eigenvalue weighted by Crippen LogP contribution is -2.32. The molecular formula is C17H18BrNOS. The molecule has 0 fully saturated rings. The maximum absolute atomic E-state index is 12.1. The van der Waals surface area contributed by atoms with Crippen LogP contribution in [0.4, 0.5) is 0 Å². The summed E-state index contributed by atoms with van der Waals surface area (Å²) in [5, 5.41) is 2.88. The Kier molecular flexibility index (Phi) is 6.33. The Hall–Kier alpha value is -1.26. The highest BCUT2D eigenvalue weighted by atomic mass is 79.9. The topological polar surface area (TPSA) is 29.1 Å². The van der Waals surface area contributed by atoms with E-state index in [0.717, 1.165) is 15.8 Å². The van der Waals surface area contributed by atoms with Gasteiger partial charge in [0, 0.05) is 15.9 Å². The number of amides is 1.